The number of pyridine rings is 1. The Bertz CT molecular complexity index is 1930. The quantitative estimate of drug-likeness (QED) is 0.229. The van der Waals surface area contributed by atoms with Crippen LogP contribution in [0.2, 0.25) is 5.02 Å². The second kappa shape index (κ2) is 9.82. The maximum atomic E-state index is 11.8. The molecule has 7 nitrogen and oxygen atoms in total. The number of benzene rings is 3. The molecule has 1 N–H and O–H groups in total. The first-order valence-electron chi connectivity index (χ1n) is 12.9. The fraction of sp³-hybridized carbons (Fsp3) is 0.161. The number of halogens is 1. The van der Waals surface area contributed by atoms with Gasteiger partial charge in [0.2, 0.25) is 0 Å². The number of aliphatic carboxylic acids is 1. The lowest BCUT2D eigenvalue weighted by Crippen LogP contribution is -2.31. The van der Waals surface area contributed by atoms with Gasteiger partial charge >= 0.3 is 5.97 Å². The van der Waals surface area contributed by atoms with Crippen LogP contribution in [0.25, 0.3) is 54.1 Å². The van der Waals surface area contributed by atoms with Crippen molar-refractivity contribution >= 4 is 50.0 Å². The molecule has 0 amide bonds. The molecule has 0 bridgehead atoms. The Morgan fingerprint density at radius 1 is 1.07 bits per heavy atom. The Balaban J connectivity index is 1.32. The molecule has 6 aromatic rings. The summed E-state index contributed by atoms with van der Waals surface area (Å²) in [6.07, 6.45) is 3.63. The summed E-state index contributed by atoms with van der Waals surface area (Å²) < 4.78 is 8.32. The molecule has 0 atom stereocenters. The van der Waals surface area contributed by atoms with Crippen LogP contribution in [0.4, 0.5) is 0 Å². The van der Waals surface area contributed by atoms with Crippen molar-refractivity contribution in [1.29, 1.82) is 0 Å². The molecule has 1 fully saturated rings. The molecule has 7 rings (SSSR count). The fourth-order valence-corrected chi connectivity index (χ4v) is 6.51. The molecule has 3 aromatic carbocycles. The Morgan fingerprint density at radius 3 is 2.62 bits per heavy atom. The van der Waals surface area contributed by atoms with Gasteiger partial charge in [0.1, 0.15) is 5.01 Å². The van der Waals surface area contributed by atoms with Crippen molar-refractivity contribution in [3.8, 4) is 33.0 Å². The van der Waals surface area contributed by atoms with E-state index >= 15 is 0 Å². The van der Waals surface area contributed by atoms with Gasteiger partial charge in [-0.05, 0) is 66.1 Å². The molecule has 0 aliphatic carbocycles. The number of rotatable bonds is 6. The van der Waals surface area contributed by atoms with Gasteiger partial charge in [-0.1, -0.05) is 29.8 Å². The van der Waals surface area contributed by atoms with Gasteiger partial charge < -0.3 is 9.84 Å². The number of aryl methyl sites for hydroxylation is 1. The molecular formula is C31H23ClN4O3S. The predicted octanol–water partition coefficient (Wildman–Crippen LogP) is 7.20. The van der Waals surface area contributed by atoms with Crippen LogP contribution in [0.15, 0.2) is 73.1 Å². The van der Waals surface area contributed by atoms with Gasteiger partial charge in [-0.15, -0.1) is 11.3 Å². The summed E-state index contributed by atoms with van der Waals surface area (Å²) in [6, 6.07) is 20.1. The van der Waals surface area contributed by atoms with Crippen LogP contribution < -0.4 is 0 Å². The minimum atomic E-state index is -0.871. The fourth-order valence-electron chi connectivity index (χ4n) is 5.25. The standard InChI is InChI=1S/C31H23ClN4O3S/c1-17-10-26-30(29(24(17)13-28(37)38)18-2-5-22(32)6-3-18)40-31(35-26)20-8-9-33-25(12-20)19-4-7-27-21(11-19)14-34-36(27)23-15-39-16-23/h2-12,14,23H,13,15-16H2,1H3,(H,37,38). The van der Waals surface area contributed by atoms with E-state index in [9.17, 15) is 9.90 Å². The van der Waals surface area contributed by atoms with Crippen molar-refractivity contribution in [3.63, 3.8) is 0 Å². The molecule has 1 saturated heterocycles. The molecule has 40 heavy (non-hydrogen) atoms. The van der Waals surface area contributed by atoms with E-state index in [2.05, 4.69) is 34.3 Å². The van der Waals surface area contributed by atoms with Gasteiger partial charge in [0, 0.05) is 33.3 Å². The van der Waals surface area contributed by atoms with E-state index in [4.69, 9.17) is 21.3 Å². The van der Waals surface area contributed by atoms with Gasteiger partial charge in [0.05, 0.1) is 53.3 Å². The second-order valence-corrected chi connectivity index (χ2v) is 11.4. The molecule has 9 heteroatoms. The van der Waals surface area contributed by atoms with E-state index in [-0.39, 0.29) is 6.42 Å². The average molecular weight is 567 g/mol. The number of aromatic nitrogens is 4. The number of hydrogen-bond donors (Lipinski definition) is 1. The maximum absolute atomic E-state index is 11.8. The summed E-state index contributed by atoms with van der Waals surface area (Å²) in [4.78, 5) is 21.4. The van der Waals surface area contributed by atoms with E-state index in [0.717, 1.165) is 65.2 Å². The average Bonchev–Trinajstić information content (AvgIpc) is 3.53. The Labute approximate surface area is 238 Å². The summed E-state index contributed by atoms with van der Waals surface area (Å²) in [6.45, 7) is 3.33. The molecule has 0 saturated carbocycles. The van der Waals surface area contributed by atoms with Crippen LogP contribution in [0, 0.1) is 6.92 Å². The van der Waals surface area contributed by atoms with Gasteiger partial charge in [0.25, 0.3) is 0 Å². The van der Waals surface area contributed by atoms with Crippen molar-refractivity contribution in [2.75, 3.05) is 13.2 Å². The number of carboxylic acids is 1. The monoisotopic (exact) mass is 566 g/mol. The first kappa shape index (κ1) is 24.9. The number of nitrogens with zero attached hydrogens (tertiary/aromatic N) is 4. The molecule has 0 unspecified atom stereocenters. The zero-order chi connectivity index (χ0) is 27.4. The van der Waals surface area contributed by atoms with Crippen LogP contribution in [-0.2, 0) is 16.0 Å². The van der Waals surface area contributed by atoms with Crippen molar-refractivity contribution in [1.82, 2.24) is 19.7 Å². The molecule has 1 aliphatic heterocycles. The van der Waals surface area contributed by atoms with Crippen molar-refractivity contribution in [2.24, 2.45) is 0 Å². The Hall–Kier alpha value is -4.11. The number of hydrogen-bond acceptors (Lipinski definition) is 6. The Kier molecular flexibility index (Phi) is 6.11. The normalized spacial score (nSPS) is 13.7. The van der Waals surface area contributed by atoms with Crippen LogP contribution in [0.3, 0.4) is 0 Å². The summed E-state index contributed by atoms with van der Waals surface area (Å²) in [5.74, 6) is -0.871. The summed E-state index contributed by atoms with van der Waals surface area (Å²) in [7, 11) is 0. The minimum absolute atomic E-state index is 0.0702. The van der Waals surface area contributed by atoms with Crippen LogP contribution in [0.1, 0.15) is 17.2 Å². The highest BCUT2D eigenvalue weighted by atomic mass is 35.5. The first-order chi connectivity index (χ1) is 19.4. The van der Waals surface area contributed by atoms with E-state index in [1.807, 2.05) is 54.2 Å². The SMILES string of the molecule is Cc1cc2nc(-c3ccnc(-c4ccc5c(cnn5C5COC5)c4)c3)sc2c(-c2ccc(Cl)cc2)c1CC(=O)O. The third-order valence-corrected chi connectivity index (χ3v) is 8.73. The third kappa shape index (κ3) is 4.34. The highest BCUT2D eigenvalue weighted by Crippen LogP contribution is 2.41. The number of thiazole rings is 1. The number of carboxylic acid groups (broad SMARTS) is 1. The van der Waals surface area contributed by atoms with Crippen molar-refractivity contribution < 1.29 is 14.6 Å². The molecular weight excluding hydrogens is 544 g/mol. The number of carbonyl (C=O) groups is 1. The van der Waals surface area contributed by atoms with Crippen molar-refractivity contribution in [2.45, 2.75) is 19.4 Å². The summed E-state index contributed by atoms with van der Waals surface area (Å²) in [5, 5.41) is 16.8. The highest BCUT2D eigenvalue weighted by Gasteiger charge is 2.23. The molecule has 3 aromatic heterocycles. The molecule has 0 radical (unpaired) electrons. The number of ether oxygens (including phenoxy) is 1. The maximum Gasteiger partial charge on any atom is 0.307 e. The van der Waals surface area contributed by atoms with Gasteiger partial charge in [0.15, 0.2) is 0 Å². The largest absolute Gasteiger partial charge is 0.481 e. The number of fused-ring (bicyclic) bond motifs is 2. The van der Waals surface area contributed by atoms with E-state index in [0.29, 0.717) is 24.3 Å². The Morgan fingerprint density at radius 2 is 1.88 bits per heavy atom. The summed E-state index contributed by atoms with van der Waals surface area (Å²) in [5.41, 5.74) is 8.22. The van der Waals surface area contributed by atoms with Gasteiger partial charge in [-0.25, -0.2) is 4.98 Å². The van der Waals surface area contributed by atoms with Gasteiger partial charge in [-0.2, -0.15) is 5.10 Å². The van der Waals surface area contributed by atoms with Gasteiger partial charge in [-0.3, -0.25) is 14.5 Å². The van der Waals surface area contributed by atoms with Crippen LogP contribution >= 0.6 is 22.9 Å². The predicted molar refractivity (Wildman–Crippen MR) is 158 cm³/mol. The van der Waals surface area contributed by atoms with Crippen LogP contribution in [0.5, 0.6) is 0 Å². The lowest BCUT2D eigenvalue weighted by molar-refractivity contribution is -0.136. The molecule has 198 valence electrons. The van der Waals surface area contributed by atoms with Crippen molar-refractivity contribution in [3.05, 3.63) is 89.2 Å². The molecule has 0 spiro atoms. The van der Waals surface area contributed by atoms with E-state index in [1.54, 1.807) is 17.5 Å². The second-order valence-electron chi connectivity index (χ2n) is 9.98. The van der Waals surface area contributed by atoms with Crippen LogP contribution in [-0.4, -0.2) is 44.0 Å². The lowest BCUT2D eigenvalue weighted by Gasteiger charge is -2.26. The zero-order valence-corrected chi connectivity index (χ0v) is 23.0. The highest BCUT2D eigenvalue weighted by molar-refractivity contribution is 7.22. The van der Waals surface area contributed by atoms with E-state index < -0.39 is 5.97 Å². The lowest BCUT2D eigenvalue weighted by atomic mass is 9.93. The molecule has 1 aliphatic rings. The topological polar surface area (TPSA) is 90.1 Å². The first-order valence-corrected chi connectivity index (χ1v) is 14.1. The minimum Gasteiger partial charge on any atom is -0.481 e. The summed E-state index contributed by atoms with van der Waals surface area (Å²) >= 11 is 7.72. The molecule has 4 heterocycles. The zero-order valence-electron chi connectivity index (χ0n) is 21.5. The third-order valence-electron chi connectivity index (χ3n) is 7.34. The van der Waals surface area contributed by atoms with E-state index in [1.165, 1.54) is 0 Å². The smallest absolute Gasteiger partial charge is 0.307 e.